The predicted octanol–water partition coefficient (Wildman–Crippen LogP) is 5.19. The van der Waals surface area contributed by atoms with E-state index in [-0.39, 0.29) is 12.3 Å². The maximum absolute atomic E-state index is 12.6. The first-order chi connectivity index (χ1) is 18.7. The molecule has 0 fully saturated rings. The molecule has 0 radical (unpaired) electrons. The molecule has 0 bridgehead atoms. The molecule has 7 heteroatoms. The van der Waals surface area contributed by atoms with E-state index in [9.17, 15) is 4.79 Å². The third-order valence-corrected chi connectivity index (χ3v) is 6.54. The van der Waals surface area contributed by atoms with Crippen LogP contribution in [-0.4, -0.2) is 42.8 Å². The number of benzene rings is 4. The van der Waals surface area contributed by atoms with Crippen LogP contribution < -0.4 is 19.5 Å². The van der Waals surface area contributed by atoms with Crippen LogP contribution in [0.1, 0.15) is 11.4 Å². The van der Waals surface area contributed by atoms with Gasteiger partial charge < -0.3 is 24.1 Å². The zero-order valence-corrected chi connectivity index (χ0v) is 21.6. The van der Waals surface area contributed by atoms with Crippen LogP contribution >= 0.6 is 0 Å². The fourth-order valence-corrected chi connectivity index (χ4v) is 4.69. The number of amides is 1. The van der Waals surface area contributed by atoms with E-state index in [2.05, 4.69) is 34.1 Å². The second-order valence-electron chi connectivity index (χ2n) is 8.96. The summed E-state index contributed by atoms with van der Waals surface area (Å²) < 4.78 is 19.0. The molecular weight excluding hydrogens is 478 g/mol. The summed E-state index contributed by atoms with van der Waals surface area (Å²) in [6.07, 6.45) is 0.871. The number of nitrogens with one attached hydrogen (secondary N) is 1. The fraction of sp³-hybridized carbons (Fsp3) is 0.226. The SMILES string of the molecule is COc1ccc(CC(=O)NCCc2nc3ccccc3n2CCOc2cccc3ccccc23)cc1OC. The molecule has 194 valence electrons. The first kappa shape index (κ1) is 25.1. The highest BCUT2D eigenvalue weighted by Crippen LogP contribution is 2.28. The smallest absolute Gasteiger partial charge is 0.224 e. The van der Waals surface area contributed by atoms with E-state index >= 15 is 0 Å². The van der Waals surface area contributed by atoms with Gasteiger partial charge in [-0.1, -0.05) is 54.6 Å². The molecule has 0 saturated heterocycles. The first-order valence-corrected chi connectivity index (χ1v) is 12.7. The number of ether oxygens (including phenoxy) is 3. The van der Waals surface area contributed by atoms with Gasteiger partial charge in [0.15, 0.2) is 11.5 Å². The number of aromatic nitrogens is 2. The minimum absolute atomic E-state index is 0.0563. The third-order valence-electron chi connectivity index (χ3n) is 6.54. The van der Waals surface area contributed by atoms with Gasteiger partial charge in [-0.2, -0.15) is 0 Å². The first-order valence-electron chi connectivity index (χ1n) is 12.7. The van der Waals surface area contributed by atoms with Crippen molar-refractivity contribution in [2.75, 3.05) is 27.4 Å². The van der Waals surface area contributed by atoms with Gasteiger partial charge in [0.2, 0.25) is 5.91 Å². The normalized spacial score (nSPS) is 11.0. The van der Waals surface area contributed by atoms with Crippen molar-refractivity contribution in [1.82, 2.24) is 14.9 Å². The number of hydrogen-bond donors (Lipinski definition) is 1. The van der Waals surface area contributed by atoms with Crippen LogP contribution in [0.15, 0.2) is 84.9 Å². The molecule has 0 spiro atoms. The van der Waals surface area contributed by atoms with Crippen LogP contribution in [0.2, 0.25) is 0 Å². The van der Waals surface area contributed by atoms with E-state index in [0.29, 0.717) is 37.6 Å². The standard InChI is InChI=1S/C31H31N3O4/c1-36-28-15-14-22(20-29(28)37-2)21-31(35)32-17-16-30-33-25-11-5-6-12-26(25)34(30)18-19-38-27-13-7-9-23-8-3-4-10-24(23)27/h3-15,20H,16-19,21H2,1-2H3,(H,32,35). The lowest BCUT2D eigenvalue weighted by atomic mass is 10.1. The summed E-state index contributed by atoms with van der Waals surface area (Å²) in [4.78, 5) is 17.5. The molecule has 1 N–H and O–H groups in total. The molecule has 38 heavy (non-hydrogen) atoms. The Morgan fingerprint density at radius 1 is 0.868 bits per heavy atom. The lowest BCUT2D eigenvalue weighted by molar-refractivity contribution is -0.120. The summed E-state index contributed by atoms with van der Waals surface area (Å²) in [6, 6.07) is 27.9. The van der Waals surface area contributed by atoms with Gasteiger partial charge in [0, 0.05) is 18.4 Å². The summed E-state index contributed by atoms with van der Waals surface area (Å²) in [5.74, 6) is 2.98. The summed E-state index contributed by atoms with van der Waals surface area (Å²) in [5, 5.41) is 5.28. The van der Waals surface area contributed by atoms with E-state index < -0.39 is 0 Å². The average molecular weight is 510 g/mol. The van der Waals surface area contributed by atoms with Gasteiger partial charge in [-0.15, -0.1) is 0 Å². The second kappa shape index (κ2) is 11.7. The molecule has 1 aromatic heterocycles. The van der Waals surface area contributed by atoms with Gasteiger partial charge in [0.25, 0.3) is 0 Å². The summed E-state index contributed by atoms with van der Waals surface area (Å²) in [7, 11) is 3.17. The van der Waals surface area contributed by atoms with Gasteiger partial charge in [0.1, 0.15) is 18.2 Å². The van der Waals surface area contributed by atoms with E-state index in [1.54, 1.807) is 14.2 Å². The average Bonchev–Trinajstić information content (AvgIpc) is 3.30. The van der Waals surface area contributed by atoms with Gasteiger partial charge >= 0.3 is 0 Å². The Hall–Kier alpha value is -4.52. The van der Waals surface area contributed by atoms with E-state index in [1.807, 2.05) is 60.7 Å². The van der Waals surface area contributed by atoms with E-state index in [4.69, 9.17) is 19.2 Å². The monoisotopic (exact) mass is 509 g/mol. The highest BCUT2D eigenvalue weighted by Gasteiger charge is 2.13. The molecule has 0 aliphatic heterocycles. The Bertz CT molecular complexity index is 1550. The molecule has 4 aromatic carbocycles. The molecule has 0 saturated carbocycles. The maximum atomic E-state index is 12.6. The van der Waals surface area contributed by atoms with Crippen molar-refractivity contribution in [2.45, 2.75) is 19.4 Å². The molecule has 5 aromatic rings. The largest absolute Gasteiger partial charge is 0.493 e. The lowest BCUT2D eigenvalue weighted by Gasteiger charge is -2.13. The van der Waals surface area contributed by atoms with Crippen LogP contribution in [-0.2, 0) is 24.2 Å². The molecular formula is C31H31N3O4. The van der Waals surface area contributed by atoms with Crippen molar-refractivity contribution >= 4 is 27.7 Å². The van der Waals surface area contributed by atoms with Crippen molar-refractivity contribution in [1.29, 1.82) is 0 Å². The molecule has 0 aliphatic carbocycles. The second-order valence-corrected chi connectivity index (χ2v) is 8.96. The highest BCUT2D eigenvalue weighted by molar-refractivity contribution is 5.88. The lowest BCUT2D eigenvalue weighted by Crippen LogP contribution is -2.28. The highest BCUT2D eigenvalue weighted by atomic mass is 16.5. The number of rotatable bonds is 11. The van der Waals surface area contributed by atoms with Gasteiger partial charge in [-0.25, -0.2) is 4.98 Å². The van der Waals surface area contributed by atoms with Crippen LogP contribution in [0, 0.1) is 0 Å². The van der Waals surface area contributed by atoms with Gasteiger partial charge in [-0.3, -0.25) is 4.79 Å². The molecule has 1 heterocycles. The quantitative estimate of drug-likeness (QED) is 0.265. The van der Waals surface area contributed by atoms with Gasteiger partial charge in [-0.05, 0) is 41.3 Å². The minimum atomic E-state index is -0.0563. The van der Waals surface area contributed by atoms with E-state index in [1.165, 1.54) is 0 Å². The number of nitrogens with zero attached hydrogens (tertiary/aromatic N) is 2. The molecule has 0 unspecified atom stereocenters. The fourth-order valence-electron chi connectivity index (χ4n) is 4.69. The topological polar surface area (TPSA) is 74.6 Å². The van der Waals surface area contributed by atoms with Crippen LogP contribution in [0.5, 0.6) is 17.2 Å². The molecule has 0 aliphatic rings. The van der Waals surface area contributed by atoms with Crippen molar-refractivity contribution in [3.63, 3.8) is 0 Å². The number of carbonyl (C=O) groups excluding carboxylic acids is 1. The minimum Gasteiger partial charge on any atom is -0.493 e. The number of methoxy groups -OCH3 is 2. The van der Waals surface area contributed by atoms with Crippen LogP contribution in [0.25, 0.3) is 21.8 Å². The van der Waals surface area contributed by atoms with Crippen molar-refractivity contribution in [3.05, 3.63) is 96.3 Å². The maximum Gasteiger partial charge on any atom is 0.224 e. The number of hydrogen-bond acceptors (Lipinski definition) is 5. The summed E-state index contributed by atoms with van der Waals surface area (Å²) in [6.45, 7) is 1.64. The number of fused-ring (bicyclic) bond motifs is 2. The molecule has 7 nitrogen and oxygen atoms in total. The number of imidazole rings is 1. The predicted molar refractivity (Wildman–Crippen MR) is 149 cm³/mol. The van der Waals surface area contributed by atoms with Gasteiger partial charge in [0.05, 0.1) is 38.2 Å². The molecule has 1 amide bonds. The number of para-hydroxylation sites is 2. The Morgan fingerprint density at radius 2 is 1.66 bits per heavy atom. The Kier molecular flexibility index (Phi) is 7.73. The Labute approximate surface area is 222 Å². The van der Waals surface area contributed by atoms with Crippen molar-refractivity contribution < 1.29 is 19.0 Å². The van der Waals surface area contributed by atoms with Crippen molar-refractivity contribution in [2.24, 2.45) is 0 Å². The van der Waals surface area contributed by atoms with Crippen LogP contribution in [0.3, 0.4) is 0 Å². The Morgan fingerprint density at radius 3 is 2.53 bits per heavy atom. The van der Waals surface area contributed by atoms with Crippen molar-refractivity contribution in [3.8, 4) is 17.2 Å². The zero-order chi connectivity index (χ0) is 26.3. The van der Waals surface area contributed by atoms with Crippen LogP contribution in [0.4, 0.5) is 0 Å². The summed E-state index contributed by atoms with van der Waals surface area (Å²) >= 11 is 0. The molecule has 0 atom stereocenters. The van der Waals surface area contributed by atoms with E-state index in [0.717, 1.165) is 38.9 Å². The zero-order valence-electron chi connectivity index (χ0n) is 21.6. The summed E-state index contributed by atoms with van der Waals surface area (Å²) in [5.41, 5.74) is 2.85. The number of carbonyl (C=O) groups is 1. The third kappa shape index (κ3) is 5.57. The Balaban J connectivity index is 1.22. The molecule has 5 rings (SSSR count).